The van der Waals surface area contributed by atoms with Crippen LogP contribution in [0.4, 0.5) is 13.2 Å². The topological polar surface area (TPSA) is 93.2 Å². The van der Waals surface area contributed by atoms with E-state index in [-0.39, 0.29) is 12.4 Å². The van der Waals surface area contributed by atoms with Crippen LogP contribution in [-0.4, -0.2) is 38.4 Å². The molecule has 0 aliphatic carbocycles. The van der Waals surface area contributed by atoms with Crippen molar-refractivity contribution < 1.29 is 27.6 Å². The van der Waals surface area contributed by atoms with Crippen LogP contribution in [-0.2, 0) is 4.79 Å². The molecule has 23 heavy (non-hydrogen) atoms. The van der Waals surface area contributed by atoms with Crippen LogP contribution in [0.25, 0.3) is 0 Å². The SMILES string of the molecule is Cc1cc(C(CNC(=O)C(F)(F)F)n2ccnc2[C@H](C)O)no1. The predicted octanol–water partition coefficient (Wildman–Crippen LogP) is 1.50. The Morgan fingerprint density at radius 1 is 1.52 bits per heavy atom. The number of aromatic nitrogens is 3. The van der Waals surface area contributed by atoms with Gasteiger partial charge in [-0.2, -0.15) is 13.2 Å². The van der Waals surface area contributed by atoms with Gasteiger partial charge in [0.15, 0.2) is 0 Å². The fourth-order valence-corrected chi connectivity index (χ4v) is 2.09. The summed E-state index contributed by atoms with van der Waals surface area (Å²) < 4.78 is 43.4. The molecule has 0 radical (unpaired) electrons. The highest BCUT2D eigenvalue weighted by molar-refractivity contribution is 5.81. The summed E-state index contributed by atoms with van der Waals surface area (Å²) in [7, 11) is 0. The molecule has 126 valence electrons. The number of carbonyl (C=O) groups excluding carboxylic acids is 1. The van der Waals surface area contributed by atoms with E-state index in [0.717, 1.165) is 0 Å². The minimum Gasteiger partial charge on any atom is -0.385 e. The van der Waals surface area contributed by atoms with Crippen molar-refractivity contribution in [3.05, 3.63) is 35.7 Å². The first-order chi connectivity index (χ1) is 10.7. The molecule has 1 amide bonds. The molecule has 2 N–H and O–H groups in total. The van der Waals surface area contributed by atoms with Crippen LogP contribution < -0.4 is 5.32 Å². The van der Waals surface area contributed by atoms with E-state index in [2.05, 4.69) is 10.1 Å². The molecule has 1 unspecified atom stereocenters. The van der Waals surface area contributed by atoms with Gasteiger partial charge < -0.3 is 19.5 Å². The van der Waals surface area contributed by atoms with Crippen LogP contribution in [0.15, 0.2) is 23.0 Å². The average Bonchev–Trinajstić information content (AvgIpc) is 3.07. The van der Waals surface area contributed by atoms with Gasteiger partial charge in [-0.25, -0.2) is 4.98 Å². The third kappa shape index (κ3) is 3.89. The number of rotatable bonds is 5. The largest absolute Gasteiger partial charge is 0.471 e. The van der Waals surface area contributed by atoms with Crippen LogP contribution in [0.5, 0.6) is 0 Å². The molecule has 7 nitrogen and oxygen atoms in total. The number of amides is 1. The summed E-state index contributed by atoms with van der Waals surface area (Å²) in [6.45, 7) is 2.71. The number of hydrogen-bond acceptors (Lipinski definition) is 5. The van der Waals surface area contributed by atoms with E-state index in [1.54, 1.807) is 6.92 Å². The van der Waals surface area contributed by atoms with Gasteiger partial charge >= 0.3 is 12.1 Å². The summed E-state index contributed by atoms with van der Waals surface area (Å²) in [6, 6.07) is 0.738. The van der Waals surface area contributed by atoms with Crippen molar-refractivity contribution in [1.82, 2.24) is 20.0 Å². The van der Waals surface area contributed by atoms with E-state index in [0.29, 0.717) is 11.5 Å². The minimum absolute atomic E-state index is 0.233. The number of aryl methyl sites for hydroxylation is 1. The lowest BCUT2D eigenvalue weighted by atomic mass is 10.1. The first-order valence-electron chi connectivity index (χ1n) is 6.69. The zero-order chi connectivity index (χ0) is 17.2. The number of aliphatic hydroxyl groups excluding tert-OH is 1. The number of halogens is 3. The lowest BCUT2D eigenvalue weighted by molar-refractivity contribution is -0.173. The summed E-state index contributed by atoms with van der Waals surface area (Å²) in [5.74, 6) is -1.36. The van der Waals surface area contributed by atoms with Gasteiger partial charge in [0.1, 0.15) is 23.4 Å². The minimum atomic E-state index is -4.98. The quantitative estimate of drug-likeness (QED) is 0.865. The Morgan fingerprint density at radius 3 is 2.74 bits per heavy atom. The lowest BCUT2D eigenvalue weighted by Gasteiger charge is -2.20. The fraction of sp³-hybridized carbons (Fsp3) is 0.462. The Kier molecular flexibility index (Phi) is 4.73. The van der Waals surface area contributed by atoms with Crippen LogP contribution in [0.1, 0.15) is 36.3 Å². The number of nitrogens with zero attached hydrogens (tertiary/aromatic N) is 3. The molecule has 10 heteroatoms. The maximum Gasteiger partial charge on any atom is 0.471 e. The highest BCUT2D eigenvalue weighted by atomic mass is 19.4. The second-order valence-electron chi connectivity index (χ2n) is 4.95. The van der Waals surface area contributed by atoms with Crippen LogP contribution in [0.2, 0.25) is 0 Å². The van der Waals surface area contributed by atoms with E-state index < -0.39 is 24.2 Å². The average molecular weight is 332 g/mol. The van der Waals surface area contributed by atoms with Gasteiger partial charge in [0, 0.05) is 25.0 Å². The van der Waals surface area contributed by atoms with Gasteiger partial charge in [-0.1, -0.05) is 5.16 Å². The van der Waals surface area contributed by atoms with Gasteiger partial charge in [-0.15, -0.1) is 0 Å². The highest BCUT2D eigenvalue weighted by Gasteiger charge is 2.39. The van der Waals surface area contributed by atoms with Gasteiger partial charge in [-0.05, 0) is 13.8 Å². The Bertz CT molecular complexity index is 678. The van der Waals surface area contributed by atoms with Crippen LogP contribution >= 0.6 is 0 Å². The van der Waals surface area contributed by atoms with Gasteiger partial charge in [0.05, 0.1) is 6.04 Å². The van der Waals surface area contributed by atoms with Crippen molar-refractivity contribution in [2.75, 3.05) is 6.54 Å². The third-order valence-electron chi connectivity index (χ3n) is 3.11. The summed E-state index contributed by atoms with van der Waals surface area (Å²) >= 11 is 0. The molecule has 0 fully saturated rings. The first kappa shape index (κ1) is 17.0. The normalized spacial score (nSPS) is 14.5. The van der Waals surface area contributed by atoms with Gasteiger partial charge in [0.2, 0.25) is 0 Å². The fourth-order valence-electron chi connectivity index (χ4n) is 2.09. The number of carbonyl (C=O) groups is 1. The molecule has 2 rings (SSSR count). The molecule has 2 aromatic rings. The van der Waals surface area contributed by atoms with E-state index in [1.165, 1.54) is 30.0 Å². The molecule has 2 heterocycles. The molecular weight excluding hydrogens is 317 g/mol. The van der Waals surface area contributed by atoms with Crippen molar-refractivity contribution in [3.63, 3.8) is 0 Å². The second-order valence-corrected chi connectivity index (χ2v) is 4.95. The number of aliphatic hydroxyl groups is 1. The van der Waals surface area contributed by atoms with E-state index in [9.17, 15) is 23.1 Å². The van der Waals surface area contributed by atoms with Crippen molar-refractivity contribution in [2.24, 2.45) is 0 Å². The summed E-state index contributed by atoms with van der Waals surface area (Å²) in [5, 5.41) is 15.3. The number of hydrogen-bond donors (Lipinski definition) is 2. The molecular formula is C13H15F3N4O3. The smallest absolute Gasteiger partial charge is 0.385 e. The number of nitrogens with one attached hydrogen (secondary N) is 1. The molecule has 0 bridgehead atoms. The van der Waals surface area contributed by atoms with E-state index in [1.807, 2.05) is 5.32 Å². The highest BCUT2D eigenvalue weighted by Crippen LogP contribution is 2.23. The zero-order valence-corrected chi connectivity index (χ0v) is 12.3. The Hall–Kier alpha value is -2.36. The molecule has 0 saturated heterocycles. The molecule has 0 aliphatic heterocycles. The predicted molar refractivity (Wildman–Crippen MR) is 71.3 cm³/mol. The number of imidazole rings is 1. The van der Waals surface area contributed by atoms with Crippen LogP contribution in [0.3, 0.4) is 0 Å². The molecule has 2 aromatic heterocycles. The van der Waals surface area contributed by atoms with E-state index >= 15 is 0 Å². The third-order valence-corrected chi connectivity index (χ3v) is 3.11. The van der Waals surface area contributed by atoms with Crippen molar-refractivity contribution in [2.45, 2.75) is 32.2 Å². The molecule has 2 atom stereocenters. The molecule has 0 saturated carbocycles. The number of alkyl halides is 3. The Labute approximate surface area is 129 Å². The molecule has 0 aliphatic rings. The van der Waals surface area contributed by atoms with E-state index in [4.69, 9.17) is 4.52 Å². The molecule has 0 spiro atoms. The lowest BCUT2D eigenvalue weighted by Crippen LogP contribution is -2.40. The van der Waals surface area contributed by atoms with Gasteiger partial charge in [0.25, 0.3) is 0 Å². The first-order valence-corrected chi connectivity index (χ1v) is 6.69. The maximum atomic E-state index is 12.4. The van der Waals surface area contributed by atoms with Gasteiger partial charge in [-0.3, -0.25) is 4.79 Å². The zero-order valence-electron chi connectivity index (χ0n) is 12.3. The van der Waals surface area contributed by atoms with Crippen molar-refractivity contribution in [1.29, 1.82) is 0 Å². The van der Waals surface area contributed by atoms with Crippen molar-refractivity contribution in [3.8, 4) is 0 Å². The second kappa shape index (κ2) is 6.41. The Morgan fingerprint density at radius 2 is 2.22 bits per heavy atom. The Balaban J connectivity index is 2.30. The summed E-state index contributed by atoms with van der Waals surface area (Å²) in [4.78, 5) is 15.0. The standard InChI is InChI=1S/C13H15F3N4O3/c1-7-5-9(19-23-7)10(6-18-12(22)13(14,15)16)20-4-3-17-11(20)8(2)21/h3-5,8,10,21H,6H2,1-2H3,(H,18,22)/t8-,10?/m0/s1. The van der Waals surface area contributed by atoms with Crippen LogP contribution in [0, 0.1) is 6.92 Å². The monoisotopic (exact) mass is 332 g/mol. The summed E-state index contributed by atoms with van der Waals surface area (Å²) in [5.41, 5.74) is 0.310. The molecule has 0 aromatic carbocycles. The van der Waals surface area contributed by atoms with Crippen molar-refractivity contribution >= 4 is 5.91 Å². The summed E-state index contributed by atoms with van der Waals surface area (Å²) in [6.07, 6.45) is -3.05. The maximum absolute atomic E-state index is 12.4.